The number of hydrogen-bond donors (Lipinski definition) is 1. The van der Waals surface area contributed by atoms with E-state index in [4.69, 9.17) is 4.99 Å². The third kappa shape index (κ3) is 4.82. The van der Waals surface area contributed by atoms with Crippen molar-refractivity contribution in [2.24, 2.45) is 10.9 Å². The van der Waals surface area contributed by atoms with Gasteiger partial charge >= 0.3 is 6.09 Å². The second kappa shape index (κ2) is 10.2. The number of hydrogen-bond acceptors (Lipinski definition) is 6. The first kappa shape index (κ1) is 22.9. The Bertz CT molecular complexity index is 998. The Morgan fingerprint density at radius 3 is 2.85 bits per heavy atom. The van der Waals surface area contributed by atoms with Crippen molar-refractivity contribution in [2.75, 3.05) is 39.8 Å². The lowest BCUT2D eigenvalue weighted by molar-refractivity contribution is -0.125. The van der Waals surface area contributed by atoms with Crippen LogP contribution in [0.2, 0.25) is 0 Å². The van der Waals surface area contributed by atoms with Crippen LogP contribution in [0.1, 0.15) is 49.7 Å². The number of ether oxygens (including phenoxy) is 1. The van der Waals surface area contributed by atoms with Crippen molar-refractivity contribution in [1.82, 2.24) is 20.0 Å². The number of aliphatic imine (C=N–C) groups is 1. The van der Waals surface area contributed by atoms with E-state index in [1.165, 1.54) is 44.1 Å². The van der Waals surface area contributed by atoms with Crippen LogP contribution in [-0.4, -0.2) is 72.5 Å². The van der Waals surface area contributed by atoms with Crippen LogP contribution in [0.15, 0.2) is 40.5 Å². The summed E-state index contributed by atoms with van der Waals surface area (Å²) >= 11 is 0. The quantitative estimate of drug-likeness (QED) is 0.670. The summed E-state index contributed by atoms with van der Waals surface area (Å²) in [6.07, 6.45) is 6.78. The maximum Gasteiger partial charge on any atom is 0.407 e. The van der Waals surface area contributed by atoms with Gasteiger partial charge in [0.25, 0.3) is 5.91 Å². The molecule has 8 heteroatoms. The number of nitrogens with zero attached hydrogens (tertiary/aromatic N) is 4. The first-order valence-corrected chi connectivity index (χ1v) is 12.6. The topological polar surface area (TPSA) is 77.5 Å². The molecule has 3 heterocycles. The highest BCUT2D eigenvalue weighted by Crippen LogP contribution is 2.33. The second-order valence-corrected chi connectivity index (χ2v) is 9.78. The fourth-order valence-corrected chi connectivity index (χ4v) is 5.76. The Kier molecular flexibility index (Phi) is 6.85. The molecule has 0 saturated heterocycles. The molecular weight excluding hydrogens is 430 g/mol. The molecule has 0 atom stereocenters. The van der Waals surface area contributed by atoms with Crippen LogP contribution in [0.4, 0.5) is 4.79 Å². The van der Waals surface area contributed by atoms with Gasteiger partial charge in [-0.1, -0.05) is 49.9 Å². The predicted molar refractivity (Wildman–Crippen MR) is 130 cm³/mol. The van der Waals surface area contributed by atoms with Crippen molar-refractivity contribution in [3.63, 3.8) is 0 Å². The smallest absolute Gasteiger partial charge is 0.407 e. The van der Waals surface area contributed by atoms with E-state index in [0.29, 0.717) is 13.1 Å². The summed E-state index contributed by atoms with van der Waals surface area (Å²) in [4.78, 5) is 36.4. The Morgan fingerprint density at radius 2 is 2.03 bits per heavy atom. The minimum Gasteiger partial charge on any atom is -0.453 e. The molecule has 0 bridgehead atoms. The Morgan fingerprint density at radius 1 is 1.21 bits per heavy atom. The van der Waals surface area contributed by atoms with E-state index >= 15 is 0 Å². The van der Waals surface area contributed by atoms with Gasteiger partial charge in [0.1, 0.15) is 0 Å². The molecule has 1 aromatic rings. The molecule has 0 aromatic heterocycles. The summed E-state index contributed by atoms with van der Waals surface area (Å²) in [6, 6.07) is 8.23. The van der Waals surface area contributed by atoms with Crippen LogP contribution >= 0.6 is 0 Å². The Labute approximate surface area is 201 Å². The molecule has 0 unspecified atom stereocenters. The number of carbonyl (C=O) groups is 2. The van der Waals surface area contributed by atoms with Crippen molar-refractivity contribution < 1.29 is 14.3 Å². The zero-order valence-electron chi connectivity index (χ0n) is 20.1. The van der Waals surface area contributed by atoms with Gasteiger partial charge in [-0.3, -0.25) is 19.6 Å². The molecule has 34 heavy (non-hydrogen) atoms. The third-order valence-corrected chi connectivity index (χ3v) is 7.54. The molecule has 182 valence electrons. The zero-order valence-corrected chi connectivity index (χ0v) is 20.1. The largest absolute Gasteiger partial charge is 0.453 e. The van der Waals surface area contributed by atoms with Gasteiger partial charge in [0.2, 0.25) is 5.96 Å². The number of alkyl carbamates (subject to hydrolysis) is 1. The minimum absolute atomic E-state index is 0.158. The standard InChI is InChI=1S/C26H35N5O3/c1-34-26(33)28-16-20-7-4-8-21(15-20)17-29-12-10-23-22(18-29)24(32)31(25-27-11-14-30(23)25)13-9-19-5-2-3-6-19/h4,7-8,15,19H,2-3,5-6,9-14,16-18H2,1H3,(H,28,33). The predicted octanol–water partition coefficient (Wildman–Crippen LogP) is 3.10. The van der Waals surface area contributed by atoms with Gasteiger partial charge in [-0.25, -0.2) is 4.79 Å². The van der Waals surface area contributed by atoms with E-state index in [0.717, 1.165) is 68.6 Å². The number of benzene rings is 1. The normalized spacial score (nSPS) is 21.0. The van der Waals surface area contributed by atoms with E-state index in [1.54, 1.807) is 0 Å². The molecule has 1 aliphatic carbocycles. The number of rotatable bonds is 7. The molecule has 0 radical (unpaired) electrons. The average molecular weight is 466 g/mol. The molecule has 8 nitrogen and oxygen atoms in total. The summed E-state index contributed by atoms with van der Waals surface area (Å²) in [6.45, 7) is 5.24. The van der Waals surface area contributed by atoms with Crippen LogP contribution in [0.5, 0.6) is 0 Å². The Balaban J connectivity index is 1.26. The van der Waals surface area contributed by atoms with Crippen molar-refractivity contribution in [2.45, 2.75) is 51.6 Å². The van der Waals surface area contributed by atoms with Crippen molar-refractivity contribution in [3.05, 3.63) is 46.7 Å². The summed E-state index contributed by atoms with van der Waals surface area (Å²) in [5.41, 5.74) is 4.34. The van der Waals surface area contributed by atoms with Gasteiger partial charge in [-0.15, -0.1) is 0 Å². The molecular formula is C26H35N5O3. The first-order valence-electron chi connectivity index (χ1n) is 12.6. The van der Waals surface area contributed by atoms with Crippen molar-refractivity contribution >= 4 is 18.0 Å². The van der Waals surface area contributed by atoms with Gasteiger partial charge < -0.3 is 15.0 Å². The highest BCUT2D eigenvalue weighted by atomic mass is 16.5. The fraction of sp³-hybridized carbons (Fsp3) is 0.577. The maximum atomic E-state index is 13.6. The molecule has 1 saturated carbocycles. The summed E-state index contributed by atoms with van der Waals surface area (Å²) in [7, 11) is 1.37. The molecule has 4 aliphatic rings. The van der Waals surface area contributed by atoms with Crippen LogP contribution in [-0.2, 0) is 22.6 Å². The highest BCUT2D eigenvalue weighted by Gasteiger charge is 2.41. The number of amides is 2. The summed E-state index contributed by atoms with van der Waals surface area (Å²) in [5, 5.41) is 2.73. The van der Waals surface area contributed by atoms with E-state index in [-0.39, 0.29) is 5.91 Å². The van der Waals surface area contributed by atoms with E-state index in [2.05, 4.69) is 32.0 Å². The monoisotopic (exact) mass is 465 g/mol. The number of carbonyl (C=O) groups excluding carboxylic acids is 2. The maximum absolute atomic E-state index is 13.6. The molecule has 5 rings (SSSR count). The molecule has 3 aliphatic heterocycles. The fourth-order valence-electron chi connectivity index (χ4n) is 5.76. The van der Waals surface area contributed by atoms with Crippen LogP contribution in [0, 0.1) is 5.92 Å². The highest BCUT2D eigenvalue weighted by molar-refractivity contribution is 6.09. The average Bonchev–Trinajstić information content (AvgIpc) is 3.55. The van der Waals surface area contributed by atoms with Crippen molar-refractivity contribution in [1.29, 1.82) is 0 Å². The number of guanidine groups is 1. The van der Waals surface area contributed by atoms with E-state index in [1.807, 2.05) is 17.0 Å². The molecule has 2 amide bonds. The molecule has 1 fully saturated rings. The second-order valence-electron chi connectivity index (χ2n) is 9.78. The van der Waals surface area contributed by atoms with Crippen LogP contribution in [0.3, 0.4) is 0 Å². The lowest BCUT2D eigenvalue weighted by Gasteiger charge is -2.42. The molecule has 1 aromatic carbocycles. The molecule has 0 spiro atoms. The zero-order chi connectivity index (χ0) is 23.5. The minimum atomic E-state index is -0.431. The van der Waals surface area contributed by atoms with E-state index < -0.39 is 6.09 Å². The van der Waals surface area contributed by atoms with Gasteiger partial charge in [0.15, 0.2) is 0 Å². The molecule has 1 N–H and O–H groups in total. The summed E-state index contributed by atoms with van der Waals surface area (Å²) in [5.74, 6) is 1.80. The summed E-state index contributed by atoms with van der Waals surface area (Å²) < 4.78 is 4.66. The lowest BCUT2D eigenvalue weighted by atomic mass is 9.99. The Hall–Kier alpha value is -2.87. The van der Waals surface area contributed by atoms with Crippen molar-refractivity contribution in [3.8, 4) is 0 Å². The first-order chi connectivity index (χ1) is 16.6. The number of nitrogens with one attached hydrogen (secondary N) is 1. The third-order valence-electron chi connectivity index (χ3n) is 7.54. The number of fused-ring (bicyclic) bond motifs is 2. The van der Waals surface area contributed by atoms with Gasteiger partial charge in [0.05, 0.1) is 19.2 Å². The number of methoxy groups -OCH3 is 1. The van der Waals surface area contributed by atoms with Gasteiger partial charge in [0, 0.05) is 51.4 Å². The van der Waals surface area contributed by atoms with Crippen LogP contribution < -0.4 is 5.32 Å². The van der Waals surface area contributed by atoms with E-state index in [9.17, 15) is 9.59 Å². The van der Waals surface area contributed by atoms with Crippen LogP contribution in [0.25, 0.3) is 0 Å². The SMILES string of the molecule is COC(=O)NCc1cccc(CN2CCC3=C(C2)C(=O)N(CCC2CCCC2)C2=NCCN23)c1. The van der Waals surface area contributed by atoms with Gasteiger partial charge in [-0.05, 0) is 23.5 Å². The lowest BCUT2D eigenvalue weighted by Crippen LogP contribution is -2.54. The van der Waals surface area contributed by atoms with Gasteiger partial charge in [-0.2, -0.15) is 0 Å².